The highest BCUT2D eigenvalue weighted by Crippen LogP contribution is 2.48. The second-order valence-corrected chi connectivity index (χ2v) is 13.3. The van der Waals surface area contributed by atoms with Crippen molar-refractivity contribution in [3.63, 3.8) is 0 Å². The first-order valence-corrected chi connectivity index (χ1v) is 16.6. The molecule has 1 aromatic heterocycles. The molecule has 0 spiro atoms. The minimum Gasteiger partial charge on any atom is -0.309 e. The average Bonchev–Trinajstić information content (AvgIpc) is 3.44. The van der Waals surface area contributed by atoms with E-state index in [0.29, 0.717) is 0 Å². The number of aromatic nitrogens is 1. The van der Waals surface area contributed by atoms with Crippen molar-refractivity contribution in [1.82, 2.24) is 4.57 Å². The highest BCUT2D eigenvalue weighted by molar-refractivity contribution is 7.99. The van der Waals surface area contributed by atoms with E-state index >= 15 is 0 Å². The van der Waals surface area contributed by atoms with Gasteiger partial charge in [0.05, 0.1) is 11.0 Å². The van der Waals surface area contributed by atoms with Crippen molar-refractivity contribution >= 4 is 55.1 Å². The molecule has 0 radical (unpaired) electrons. The molecule has 0 atom stereocenters. The molecule has 9 aromatic rings. The lowest BCUT2D eigenvalue weighted by molar-refractivity contribution is 1.18. The van der Waals surface area contributed by atoms with Crippen LogP contribution in [0.1, 0.15) is 0 Å². The van der Waals surface area contributed by atoms with Crippen molar-refractivity contribution in [2.75, 3.05) is 0 Å². The molecule has 0 saturated carbocycles. The summed E-state index contributed by atoms with van der Waals surface area (Å²) in [6.07, 6.45) is 0. The van der Waals surface area contributed by atoms with E-state index < -0.39 is 0 Å². The van der Waals surface area contributed by atoms with Gasteiger partial charge in [-0.05, 0) is 104 Å². The van der Waals surface area contributed by atoms with Gasteiger partial charge in [-0.1, -0.05) is 121 Å². The van der Waals surface area contributed by atoms with Crippen molar-refractivity contribution in [2.45, 2.75) is 9.79 Å². The molecule has 0 aliphatic carbocycles. The lowest BCUT2D eigenvalue weighted by Crippen LogP contribution is -1.93. The SMILES string of the molecule is c1ccc(-n2c3ccccc3c3cc4cc(-c5ccc(-c6ccc7c(c6)-c6cccc8cccc(c68)S7)cc5)ccc4cc32)cc1. The molecule has 0 bridgehead atoms. The van der Waals surface area contributed by atoms with Crippen LogP contribution >= 0.6 is 11.8 Å². The van der Waals surface area contributed by atoms with E-state index in [9.17, 15) is 0 Å². The third-order valence-corrected chi connectivity index (χ3v) is 10.7. The van der Waals surface area contributed by atoms with Crippen LogP contribution in [0.2, 0.25) is 0 Å². The zero-order valence-corrected chi connectivity index (χ0v) is 25.8. The Hall–Kier alpha value is -5.57. The summed E-state index contributed by atoms with van der Waals surface area (Å²) in [5.41, 5.74) is 11.3. The largest absolute Gasteiger partial charge is 0.309 e. The predicted molar refractivity (Wildman–Crippen MR) is 196 cm³/mol. The van der Waals surface area contributed by atoms with Gasteiger partial charge in [-0.15, -0.1) is 0 Å². The van der Waals surface area contributed by atoms with Gasteiger partial charge in [0, 0.05) is 31.6 Å². The van der Waals surface area contributed by atoms with Gasteiger partial charge in [-0.3, -0.25) is 0 Å². The lowest BCUT2D eigenvalue weighted by atomic mass is 9.93. The molecule has 8 aromatic carbocycles. The third-order valence-electron chi connectivity index (χ3n) is 9.55. The van der Waals surface area contributed by atoms with Crippen LogP contribution in [0.25, 0.3) is 82.4 Å². The Labute approximate surface area is 271 Å². The Morgan fingerprint density at radius 1 is 0.370 bits per heavy atom. The van der Waals surface area contributed by atoms with Crippen LogP contribution in [0.15, 0.2) is 174 Å². The highest BCUT2D eigenvalue weighted by Gasteiger charge is 2.19. The molecule has 1 aliphatic heterocycles. The predicted octanol–water partition coefficient (Wildman–Crippen LogP) is 12.6. The van der Waals surface area contributed by atoms with Crippen LogP contribution in [0.3, 0.4) is 0 Å². The third kappa shape index (κ3) is 3.90. The molecule has 0 N–H and O–H groups in total. The molecular formula is C44H27NS. The van der Waals surface area contributed by atoms with Crippen LogP contribution in [0, 0.1) is 0 Å². The number of para-hydroxylation sites is 2. The summed E-state index contributed by atoms with van der Waals surface area (Å²) in [6, 6.07) is 60.2. The fraction of sp³-hybridized carbons (Fsp3) is 0. The van der Waals surface area contributed by atoms with Crippen LogP contribution in [-0.4, -0.2) is 4.57 Å². The molecular weight excluding hydrogens is 575 g/mol. The minimum atomic E-state index is 1.18. The molecule has 0 unspecified atom stereocenters. The van der Waals surface area contributed by atoms with Gasteiger partial charge in [0.15, 0.2) is 0 Å². The molecule has 2 heteroatoms. The van der Waals surface area contributed by atoms with Crippen molar-refractivity contribution in [3.8, 4) is 39.1 Å². The Morgan fingerprint density at radius 3 is 1.93 bits per heavy atom. The van der Waals surface area contributed by atoms with Crippen LogP contribution in [-0.2, 0) is 0 Å². The summed E-state index contributed by atoms with van der Waals surface area (Å²) >= 11 is 1.88. The first kappa shape index (κ1) is 25.7. The standard InChI is InChI=1S/C44H27NS/c1-2-10-35(11-3-1)45-40-14-5-4-12-36(40)38-26-34-24-31(20-21-33(34)27-41(38)45)28-16-18-29(19-17-28)32-22-23-42-39(25-32)37-13-6-8-30-9-7-15-43(46-42)44(30)37/h1-27H. The van der Waals surface area contributed by atoms with E-state index in [-0.39, 0.29) is 0 Å². The fourth-order valence-corrected chi connectivity index (χ4v) is 8.47. The topological polar surface area (TPSA) is 4.93 Å². The maximum atomic E-state index is 2.38. The number of benzene rings is 8. The average molecular weight is 602 g/mol. The van der Waals surface area contributed by atoms with E-state index in [0.717, 1.165) is 0 Å². The van der Waals surface area contributed by atoms with E-state index in [2.05, 4.69) is 168 Å². The summed E-state index contributed by atoms with van der Waals surface area (Å²) < 4.78 is 2.38. The Bertz CT molecular complexity index is 2640. The maximum Gasteiger partial charge on any atom is 0.0547 e. The van der Waals surface area contributed by atoms with Gasteiger partial charge in [0.2, 0.25) is 0 Å². The number of rotatable bonds is 3. The van der Waals surface area contributed by atoms with Crippen LogP contribution < -0.4 is 0 Å². The normalized spacial score (nSPS) is 12.3. The second kappa shape index (κ2) is 9.97. The van der Waals surface area contributed by atoms with Gasteiger partial charge in [-0.2, -0.15) is 0 Å². The Kier molecular flexibility index (Phi) is 5.58. The number of hydrogen-bond donors (Lipinski definition) is 0. The van der Waals surface area contributed by atoms with E-state index in [1.807, 2.05) is 11.8 Å². The first-order chi connectivity index (χ1) is 22.8. The van der Waals surface area contributed by atoms with Crippen molar-refractivity contribution < 1.29 is 0 Å². The first-order valence-electron chi connectivity index (χ1n) is 15.8. The number of nitrogens with zero attached hydrogens (tertiary/aromatic N) is 1. The van der Waals surface area contributed by atoms with Gasteiger partial charge in [-0.25, -0.2) is 0 Å². The quantitative estimate of drug-likeness (QED) is 0.195. The van der Waals surface area contributed by atoms with Gasteiger partial charge < -0.3 is 4.57 Å². The Balaban J connectivity index is 1.04. The molecule has 10 rings (SSSR count). The van der Waals surface area contributed by atoms with E-state index in [1.54, 1.807) is 0 Å². The van der Waals surface area contributed by atoms with Gasteiger partial charge in [0.1, 0.15) is 0 Å². The van der Waals surface area contributed by atoms with E-state index in [4.69, 9.17) is 0 Å². The summed E-state index contributed by atoms with van der Waals surface area (Å²) in [5.74, 6) is 0. The minimum absolute atomic E-state index is 1.18. The molecule has 0 saturated heterocycles. The summed E-state index contributed by atoms with van der Waals surface area (Å²) in [6.45, 7) is 0. The highest BCUT2D eigenvalue weighted by atomic mass is 32.2. The van der Waals surface area contributed by atoms with Gasteiger partial charge in [0.25, 0.3) is 0 Å². The van der Waals surface area contributed by atoms with E-state index in [1.165, 1.54) is 92.2 Å². The molecule has 1 nitrogen and oxygen atoms in total. The Morgan fingerprint density at radius 2 is 1.09 bits per heavy atom. The molecule has 0 amide bonds. The van der Waals surface area contributed by atoms with Crippen LogP contribution in [0.5, 0.6) is 0 Å². The van der Waals surface area contributed by atoms with Crippen molar-refractivity contribution in [3.05, 3.63) is 164 Å². The monoisotopic (exact) mass is 601 g/mol. The summed E-state index contributed by atoms with van der Waals surface area (Å²) in [7, 11) is 0. The molecule has 2 heterocycles. The van der Waals surface area contributed by atoms with Gasteiger partial charge >= 0.3 is 0 Å². The van der Waals surface area contributed by atoms with Crippen LogP contribution in [0.4, 0.5) is 0 Å². The lowest BCUT2D eigenvalue weighted by Gasteiger charge is -2.21. The van der Waals surface area contributed by atoms with Crippen molar-refractivity contribution in [1.29, 1.82) is 0 Å². The molecule has 1 aliphatic rings. The molecule has 0 fully saturated rings. The second-order valence-electron chi connectivity index (χ2n) is 12.2. The maximum absolute atomic E-state index is 2.38. The zero-order valence-electron chi connectivity index (χ0n) is 24.9. The zero-order chi connectivity index (χ0) is 30.2. The summed E-state index contributed by atoms with van der Waals surface area (Å²) in [4.78, 5) is 2.67. The summed E-state index contributed by atoms with van der Waals surface area (Å²) in [5, 5.41) is 7.74. The smallest absolute Gasteiger partial charge is 0.0547 e. The van der Waals surface area contributed by atoms with Crippen molar-refractivity contribution in [2.24, 2.45) is 0 Å². The fourth-order valence-electron chi connectivity index (χ4n) is 7.35. The number of hydrogen-bond acceptors (Lipinski definition) is 1. The molecule has 214 valence electrons. The number of fused-ring (bicyclic) bond motifs is 6. The molecule has 46 heavy (non-hydrogen) atoms.